The molecule has 2 rings (SSSR count). The molecule has 1 aromatic carbocycles. The smallest absolute Gasteiger partial charge is 0.123 e. The van der Waals surface area contributed by atoms with Crippen LogP contribution in [0.2, 0.25) is 0 Å². The van der Waals surface area contributed by atoms with Gasteiger partial charge in [-0.15, -0.1) is 0 Å². The quantitative estimate of drug-likeness (QED) is 0.712. The van der Waals surface area contributed by atoms with E-state index in [1.54, 1.807) is 7.11 Å². The normalized spacial score (nSPS) is 15.1. The molecule has 0 aliphatic heterocycles. The minimum Gasteiger partial charge on any atom is -0.496 e. The van der Waals surface area contributed by atoms with Crippen molar-refractivity contribution in [1.82, 2.24) is 5.32 Å². The molecule has 1 aromatic rings. The lowest BCUT2D eigenvalue weighted by molar-refractivity contribution is 0.407. The maximum atomic E-state index is 5.31. The molecule has 1 aliphatic rings. The summed E-state index contributed by atoms with van der Waals surface area (Å²) in [4.78, 5) is 0. The predicted octanol–water partition coefficient (Wildman–Crippen LogP) is 2.98. The third kappa shape index (κ3) is 3.53. The maximum absolute atomic E-state index is 5.31. The third-order valence-corrected chi connectivity index (χ3v) is 3.17. The van der Waals surface area contributed by atoms with Gasteiger partial charge in [0.05, 0.1) is 7.11 Å². The number of methoxy groups -OCH3 is 1. The van der Waals surface area contributed by atoms with E-state index in [0.29, 0.717) is 0 Å². The number of hydrogen-bond donors (Lipinski definition) is 1. The van der Waals surface area contributed by atoms with Gasteiger partial charge >= 0.3 is 0 Å². The van der Waals surface area contributed by atoms with Crippen molar-refractivity contribution in [2.45, 2.75) is 32.2 Å². The highest BCUT2D eigenvalue weighted by Crippen LogP contribution is 2.33. The van der Waals surface area contributed by atoms with E-state index in [1.807, 2.05) is 12.1 Å². The number of ether oxygens (including phenoxy) is 1. The Morgan fingerprint density at radius 2 is 2.12 bits per heavy atom. The predicted molar refractivity (Wildman–Crippen MR) is 66.7 cm³/mol. The second-order valence-electron chi connectivity index (χ2n) is 4.57. The molecule has 0 heterocycles. The molecule has 1 N–H and O–H groups in total. The van der Waals surface area contributed by atoms with Gasteiger partial charge in [-0.05, 0) is 31.4 Å². The monoisotopic (exact) mass is 219 g/mol. The van der Waals surface area contributed by atoms with Crippen LogP contribution in [0.25, 0.3) is 0 Å². The van der Waals surface area contributed by atoms with Crippen LogP contribution in [0.3, 0.4) is 0 Å². The molecule has 16 heavy (non-hydrogen) atoms. The Morgan fingerprint density at radius 1 is 1.31 bits per heavy atom. The Balaban J connectivity index is 1.67. The number of nitrogens with one attached hydrogen (secondary N) is 1. The fourth-order valence-electron chi connectivity index (χ4n) is 1.99. The first kappa shape index (κ1) is 11.5. The third-order valence-electron chi connectivity index (χ3n) is 3.17. The van der Waals surface area contributed by atoms with E-state index in [1.165, 1.54) is 31.2 Å². The molecule has 0 radical (unpaired) electrons. The van der Waals surface area contributed by atoms with Crippen molar-refractivity contribution in [2.24, 2.45) is 5.92 Å². The van der Waals surface area contributed by atoms with E-state index >= 15 is 0 Å². The van der Waals surface area contributed by atoms with E-state index in [4.69, 9.17) is 4.74 Å². The molecule has 1 saturated carbocycles. The molecule has 0 unspecified atom stereocenters. The van der Waals surface area contributed by atoms with Crippen LogP contribution < -0.4 is 10.1 Å². The number of para-hydroxylation sites is 1. The van der Waals surface area contributed by atoms with E-state index in [2.05, 4.69) is 17.4 Å². The standard InChI is InChI=1S/C14H21NO/c1-16-14-7-3-2-6-13(14)11-15-10-4-5-12-8-9-12/h2-3,6-7,12,15H,4-5,8-11H2,1H3. The Kier molecular flexibility index (Phi) is 4.23. The second kappa shape index (κ2) is 5.90. The molecule has 0 bridgehead atoms. The first-order valence-corrected chi connectivity index (χ1v) is 6.23. The van der Waals surface area contributed by atoms with Gasteiger partial charge in [-0.1, -0.05) is 31.0 Å². The second-order valence-corrected chi connectivity index (χ2v) is 4.57. The summed E-state index contributed by atoms with van der Waals surface area (Å²) in [6.45, 7) is 2.03. The highest BCUT2D eigenvalue weighted by molar-refractivity contribution is 5.32. The van der Waals surface area contributed by atoms with Crippen LogP contribution in [0.5, 0.6) is 5.75 Å². The summed E-state index contributed by atoms with van der Waals surface area (Å²) < 4.78 is 5.31. The van der Waals surface area contributed by atoms with Crippen LogP contribution in [0, 0.1) is 5.92 Å². The minimum absolute atomic E-state index is 0.911. The summed E-state index contributed by atoms with van der Waals surface area (Å²) in [6.07, 6.45) is 5.64. The lowest BCUT2D eigenvalue weighted by Gasteiger charge is -2.09. The van der Waals surface area contributed by atoms with Crippen LogP contribution >= 0.6 is 0 Å². The first-order chi connectivity index (χ1) is 7.90. The largest absolute Gasteiger partial charge is 0.496 e. The van der Waals surface area contributed by atoms with E-state index in [-0.39, 0.29) is 0 Å². The topological polar surface area (TPSA) is 21.3 Å². The summed E-state index contributed by atoms with van der Waals surface area (Å²) >= 11 is 0. The summed E-state index contributed by atoms with van der Waals surface area (Å²) in [7, 11) is 1.73. The van der Waals surface area contributed by atoms with Gasteiger partial charge in [0, 0.05) is 12.1 Å². The Hall–Kier alpha value is -1.02. The molecule has 2 heteroatoms. The average molecular weight is 219 g/mol. The number of rotatable bonds is 7. The molecule has 1 aliphatic carbocycles. The summed E-state index contributed by atoms with van der Waals surface area (Å²) in [5, 5.41) is 3.48. The lowest BCUT2D eigenvalue weighted by Crippen LogP contribution is -2.15. The Labute approximate surface area is 98.0 Å². The van der Waals surface area contributed by atoms with Crippen LogP contribution in [0.4, 0.5) is 0 Å². The molecule has 0 amide bonds. The molecule has 1 fully saturated rings. The zero-order valence-electron chi connectivity index (χ0n) is 10.0. The van der Waals surface area contributed by atoms with Gasteiger partial charge in [0.15, 0.2) is 0 Å². The van der Waals surface area contributed by atoms with E-state index in [9.17, 15) is 0 Å². The van der Waals surface area contributed by atoms with Gasteiger partial charge in [0.2, 0.25) is 0 Å². The van der Waals surface area contributed by atoms with Crippen molar-refractivity contribution in [3.8, 4) is 5.75 Å². The van der Waals surface area contributed by atoms with Crippen molar-refractivity contribution in [3.63, 3.8) is 0 Å². The average Bonchev–Trinajstić information content (AvgIpc) is 3.13. The SMILES string of the molecule is COc1ccccc1CNCCCC1CC1. The molecule has 0 atom stereocenters. The van der Waals surface area contributed by atoms with Crippen molar-refractivity contribution >= 4 is 0 Å². The van der Waals surface area contributed by atoms with Crippen LogP contribution in [0.1, 0.15) is 31.2 Å². The van der Waals surface area contributed by atoms with Gasteiger partial charge in [-0.2, -0.15) is 0 Å². The van der Waals surface area contributed by atoms with Gasteiger partial charge < -0.3 is 10.1 Å². The highest BCUT2D eigenvalue weighted by atomic mass is 16.5. The fourth-order valence-corrected chi connectivity index (χ4v) is 1.99. The van der Waals surface area contributed by atoms with Gasteiger partial charge in [0.25, 0.3) is 0 Å². The van der Waals surface area contributed by atoms with Gasteiger partial charge in [-0.25, -0.2) is 0 Å². The van der Waals surface area contributed by atoms with Crippen molar-refractivity contribution in [3.05, 3.63) is 29.8 Å². The van der Waals surface area contributed by atoms with Gasteiger partial charge in [0.1, 0.15) is 5.75 Å². The maximum Gasteiger partial charge on any atom is 0.123 e. The summed E-state index contributed by atoms with van der Waals surface area (Å²) in [5.74, 6) is 2.03. The molecule has 0 aromatic heterocycles. The molecular formula is C14H21NO. The van der Waals surface area contributed by atoms with Crippen molar-refractivity contribution in [1.29, 1.82) is 0 Å². The van der Waals surface area contributed by atoms with Crippen molar-refractivity contribution < 1.29 is 4.74 Å². The van der Waals surface area contributed by atoms with Crippen LogP contribution in [-0.4, -0.2) is 13.7 Å². The molecule has 2 nitrogen and oxygen atoms in total. The fraction of sp³-hybridized carbons (Fsp3) is 0.571. The molecule has 88 valence electrons. The zero-order valence-corrected chi connectivity index (χ0v) is 10.0. The molecular weight excluding hydrogens is 198 g/mol. The first-order valence-electron chi connectivity index (χ1n) is 6.23. The zero-order chi connectivity index (χ0) is 11.2. The van der Waals surface area contributed by atoms with Crippen molar-refractivity contribution in [2.75, 3.05) is 13.7 Å². The van der Waals surface area contributed by atoms with E-state index in [0.717, 1.165) is 24.8 Å². The number of hydrogen-bond acceptors (Lipinski definition) is 2. The summed E-state index contributed by atoms with van der Waals surface area (Å²) in [5.41, 5.74) is 1.25. The van der Waals surface area contributed by atoms with Crippen LogP contribution in [-0.2, 0) is 6.54 Å². The van der Waals surface area contributed by atoms with Crippen LogP contribution in [0.15, 0.2) is 24.3 Å². The Morgan fingerprint density at radius 3 is 2.88 bits per heavy atom. The highest BCUT2D eigenvalue weighted by Gasteiger charge is 2.19. The molecule has 0 saturated heterocycles. The Bertz CT molecular complexity index is 320. The van der Waals surface area contributed by atoms with E-state index < -0.39 is 0 Å². The summed E-state index contributed by atoms with van der Waals surface area (Å²) in [6, 6.07) is 8.20. The minimum atomic E-state index is 0.911. The lowest BCUT2D eigenvalue weighted by atomic mass is 10.2. The number of benzene rings is 1. The molecule has 0 spiro atoms. The van der Waals surface area contributed by atoms with Gasteiger partial charge in [-0.3, -0.25) is 0 Å².